The predicted octanol–water partition coefficient (Wildman–Crippen LogP) is 1.78. The molecule has 0 aromatic heterocycles. The molecule has 16 heavy (non-hydrogen) atoms. The quantitative estimate of drug-likeness (QED) is 0.827. The average molecular weight is 243 g/mol. The molecular formula is C11H14FNO2S. The Morgan fingerprint density at radius 2 is 2.31 bits per heavy atom. The molecule has 1 atom stereocenters. The summed E-state index contributed by atoms with van der Waals surface area (Å²) in [4.78, 5) is 10.5. The van der Waals surface area contributed by atoms with E-state index in [4.69, 9.17) is 10.8 Å². The Morgan fingerprint density at radius 3 is 2.94 bits per heavy atom. The molecule has 1 aromatic carbocycles. The van der Waals surface area contributed by atoms with Crippen molar-refractivity contribution in [1.82, 2.24) is 0 Å². The van der Waals surface area contributed by atoms with Crippen LogP contribution < -0.4 is 5.73 Å². The summed E-state index contributed by atoms with van der Waals surface area (Å²) in [7, 11) is 0. The molecule has 0 fully saturated rings. The van der Waals surface area contributed by atoms with Crippen molar-refractivity contribution in [2.45, 2.75) is 18.7 Å². The monoisotopic (exact) mass is 243 g/mol. The molecule has 0 saturated carbocycles. The van der Waals surface area contributed by atoms with Crippen LogP contribution >= 0.6 is 11.8 Å². The van der Waals surface area contributed by atoms with Crippen LogP contribution in [0.2, 0.25) is 0 Å². The molecule has 88 valence electrons. The van der Waals surface area contributed by atoms with Gasteiger partial charge in [-0.15, -0.1) is 0 Å². The SMILES string of the molecule is Cc1ccc(F)cc1CSCC(N)C(=O)O. The number of aliphatic carboxylic acids is 1. The normalized spacial score (nSPS) is 12.4. The highest BCUT2D eigenvalue weighted by atomic mass is 32.2. The number of carbonyl (C=O) groups is 1. The molecule has 0 aliphatic heterocycles. The molecule has 1 aromatic rings. The number of rotatable bonds is 5. The van der Waals surface area contributed by atoms with E-state index in [2.05, 4.69) is 0 Å². The molecule has 0 spiro atoms. The lowest BCUT2D eigenvalue weighted by atomic mass is 10.1. The Kier molecular flexibility index (Phi) is 4.76. The number of hydrogen-bond acceptors (Lipinski definition) is 3. The van der Waals surface area contributed by atoms with Gasteiger partial charge in [0.25, 0.3) is 0 Å². The van der Waals surface area contributed by atoms with Gasteiger partial charge < -0.3 is 10.8 Å². The third-order valence-corrected chi connectivity index (χ3v) is 3.29. The van der Waals surface area contributed by atoms with Crippen molar-refractivity contribution >= 4 is 17.7 Å². The maximum atomic E-state index is 12.9. The molecule has 0 radical (unpaired) electrons. The van der Waals surface area contributed by atoms with E-state index in [-0.39, 0.29) is 5.82 Å². The van der Waals surface area contributed by atoms with Crippen molar-refractivity contribution in [3.63, 3.8) is 0 Å². The minimum absolute atomic E-state index is 0.274. The predicted molar refractivity (Wildman–Crippen MR) is 62.9 cm³/mol. The van der Waals surface area contributed by atoms with Crippen LogP contribution in [0.5, 0.6) is 0 Å². The van der Waals surface area contributed by atoms with Crippen LogP contribution in [0.1, 0.15) is 11.1 Å². The molecule has 1 unspecified atom stereocenters. The molecule has 3 nitrogen and oxygen atoms in total. The van der Waals surface area contributed by atoms with E-state index >= 15 is 0 Å². The minimum Gasteiger partial charge on any atom is -0.480 e. The van der Waals surface area contributed by atoms with Gasteiger partial charge in [0.05, 0.1) is 0 Å². The fraction of sp³-hybridized carbons (Fsp3) is 0.364. The Bertz CT molecular complexity index is 384. The highest BCUT2D eigenvalue weighted by Gasteiger charge is 2.11. The van der Waals surface area contributed by atoms with Crippen LogP contribution in [0.25, 0.3) is 0 Å². The van der Waals surface area contributed by atoms with Crippen molar-refractivity contribution in [1.29, 1.82) is 0 Å². The van der Waals surface area contributed by atoms with Crippen molar-refractivity contribution in [2.24, 2.45) is 5.73 Å². The Balaban J connectivity index is 2.48. The van der Waals surface area contributed by atoms with Gasteiger partial charge in [-0.25, -0.2) is 4.39 Å². The maximum absolute atomic E-state index is 12.9. The number of aryl methyl sites for hydroxylation is 1. The summed E-state index contributed by atoms with van der Waals surface area (Å²) < 4.78 is 12.9. The number of benzene rings is 1. The first kappa shape index (κ1) is 13.0. The fourth-order valence-electron chi connectivity index (χ4n) is 1.16. The molecule has 0 saturated heterocycles. The standard InChI is InChI=1S/C11H14FNO2S/c1-7-2-3-9(12)4-8(7)5-16-6-10(13)11(14)15/h2-4,10H,5-6,13H2,1H3,(H,14,15). The van der Waals surface area contributed by atoms with Gasteiger partial charge in [-0.05, 0) is 30.2 Å². The van der Waals surface area contributed by atoms with E-state index in [1.54, 1.807) is 6.07 Å². The van der Waals surface area contributed by atoms with Gasteiger partial charge in [0.1, 0.15) is 11.9 Å². The zero-order valence-electron chi connectivity index (χ0n) is 8.94. The molecule has 0 aliphatic rings. The lowest BCUT2D eigenvalue weighted by Crippen LogP contribution is -2.32. The molecule has 5 heteroatoms. The first-order valence-corrected chi connectivity index (χ1v) is 5.97. The van der Waals surface area contributed by atoms with E-state index < -0.39 is 12.0 Å². The molecular weight excluding hydrogens is 229 g/mol. The molecule has 0 heterocycles. The highest BCUT2D eigenvalue weighted by molar-refractivity contribution is 7.98. The largest absolute Gasteiger partial charge is 0.480 e. The van der Waals surface area contributed by atoms with E-state index in [1.807, 2.05) is 6.92 Å². The van der Waals surface area contributed by atoms with Gasteiger partial charge in [0, 0.05) is 11.5 Å². The number of nitrogens with two attached hydrogens (primary N) is 1. The van der Waals surface area contributed by atoms with Gasteiger partial charge in [-0.1, -0.05) is 6.07 Å². The lowest BCUT2D eigenvalue weighted by Gasteiger charge is -2.08. The van der Waals surface area contributed by atoms with Crippen LogP contribution in [0.4, 0.5) is 4.39 Å². The van der Waals surface area contributed by atoms with Crippen LogP contribution in [0.3, 0.4) is 0 Å². The van der Waals surface area contributed by atoms with Gasteiger partial charge in [0.2, 0.25) is 0 Å². The van der Waals surface area contributed by atoms with Crippen LogP contribution in [0, 0.1) is 12.7 Å². The topological polar surface area (TPSA) is 63.3 Å². The first-order valence-electron chi connectivity index (χ1n) is 4.82. The van der Waals surface area contributed by atoms with E-state index in [0.29, 0.717) is 11.5 Å². The van der Waals surface area contributed by atoms with E-state index in [1.165, 1.54) is 23.9 Å². The Labute approximate surface area is 97.8 Å². The summed E-state index contributed by atoms with van der Waals surface area (Å²) in [5, 5.41) is 8.58. The van der Waals surface area contributed by atoms with Gasteiger partial charge in [0.15, 0.2) is 0 Å². The van der Waals surface area contributed by atoms with Crippen molar-refractivity contribution < 1.29 is 14.3 Å². The second-order valence-corrected chi connectivity index (χ2v) is 4.56. The number of carboxylic acids is 1. The summed E-state index contributed by atoms with van der Waals surface area (Å²) in [6.07, 6.45) is 0. The van der Waals surface area contributed by atoms with E-state index in [9.17, 15) is 9.18 Å². The van der Waals surface area contributed by atoms with E-state index in [0.717, 1.165) is 11.1 Å². The smallest absolute Gasteiger partial charge is 0.321 e. The summed E-state index contributed by atoms with van der Waals surface area (Å²) >= 11 is 1.39. The fourth-order valence-corrected chi connectivity index (χ4v) is 2.21. The lowest BCUT2D eigenvalue weighted by molar-refractivity contribution is -0.137. The number of hydrogen-bond donors (Lipinski definition) is 2. The summed E-state index contributed by atoms with van der Waals surface area (Å²) in [6, 6.07) is 3.72. The summed E-state index contributed by atoms with van der Waals surface area (Å²) in [5.74, 6) is -0.386. The minimum atomic E-state index is -1.01. The molecule has 1 rings (SSSR count). The first-order chi connectivity index (χ1) is 7.50. The van der Waals surface area contributed by atoms with Gasteiger partial charge in [-0.2, -0.15) is 11.8 Å². The second-order valence-electron chi connectivity index (χ2n) is 3.53. The molecule has 3 N–H and O–H groups in total. The number of carboxylic acid groups (broad SMARTS) is 1. The van der Waals surface area contributed by atoms with Crippen LogP contribution in [-0.2, 0) is 10.5 Å². The number of halogens is 1. The van der Waals surface area contributed by atoms with Gasteiger partial charge >= 0.3 is 5.97 Å². The molecule has 0 bridgehead atoms. The average Bonchev–Trinajstić information content (AvgIpc) is 2.22. The van der Waals surface area contributed by atoms with Gasteiger partial charge in [-0.3, -0.25) is 4.79 Å². The van der Waals surface area contributed by atoms with Crippen LogP contribution in [0.15, 0.2) is 18.2 Å². The molecule has 0 aliphatic carbocycles. The highest BCUT2D eigenvalue weighted by Crippen LogP contribution is 2.17. The zero-order chi connectivity index (χ0) is 12.1. The Morgan fingerprint density at radius 1 is 1.62 bits per heavy atom. The molecule has 0 amide bonds. The number of thioether (sulfide) groups is 1. The maximum Gasteiger partial charge on any atom is 0.321 e. The van der Waals surface area contributed by atoms with Crippen molar-refractivity contribution in [3.05, 3.63) is 35.1 Å². The third-order valence-electron chi connectivity index (χ3n) is 2.18. The van der Waals surface area contributed by atoms with Crippen molar-refractivity contribution in [2.75, 3.05) is 5.75 Å². The Hall–Kier alpha value is -1.07. The summed E-state index contributed by atoms with van der Waals surface area (Å²) in [5.41, 5.74) is 7.23. The van der Waals surface area contributed by atoms with Crippen LogP contribution in [-0.4, -0.2) is 22.9 Å². The zero-order valence-corrected chi connectivity index (χ0v) is 9.76. The summed E-state index contributed by atoms with van der Waals surface area (Å²) in [6.45, 7) is 1.90. The second kappa shape index (κ2) is 5.86. The van der Waals surface area contributed by atoms with Crippen molar-refractivity contribution in [3.8, 4) is 0 Å². The third kappa shape index (κ3) is 3.83.